The summed E-state index contributed by atoms with van der Waals surface area (Å²) in [5.41, 5.74) is 7.67. The molecule has 3 rings (SSSR count). The predicted octanol–water partition coefficient (Wildman–Crippen LogP) is 3.43. The van der Waals surface area contributed by atoms with E-state index in [0.717, 1.165) is 12.1 Å². The van der Waals surface area contributed by atoms with Gasteiger partial charge in [-0.15, -0.1) is 0 Å². The first-order chi connectivity index (χ1) is 9.11. The topological polar surface area (TPSA) is 64.1 Å². The van der Waals surface area contributed by atoms with Gasteiger partial charge in [0.05, 0.1) is 0 Å². The molecule has 0 saturated heterocycles. The third-order valence-electron chi connectivity index (χ3n) is 2.58. The van der Waals surface area contributed by atoms with Gasteiger partial charge in [0.15, 0.2) is 17.2 Å². The lowest BCUT2D eigenvalue weighted by Gasteiger charge is -2.01. The molecule has 6 heteroatoms. The molecule has 0 unspecified atom stereocenters. The average molecular weight is 261 g/mol. The van der Waals surface area contributed by atoms with E-state index in [-0.39, 0.29) is 6.01 Å². The quantitative estimate of drug-likeness (QED) is 0.694. The van der Waals surface area contributed by atoms with E-state index in [0.29, 0.717) is 22.5 Å². The Balaban J connectivity index is 1.94. The van der Waals surface area contributed by atoms with Gasteiger partial charge in [-0.25, -0.2) is 8.78 Å². The van der Waals surface area contributed by atoms with E-state index < -0.39 is 11.6 Å². The van der Waals surface area contributed by atoms with Crippen molar-refractivity contribution in [2.75, 3.05) is 11.1 Å². The van der Waals surface area contributed by atoms with Crippen LogP contribution in [0.25, 0.3) is 11.1 Å². The van der Waals surface area contributed by atoms with Crippen molar-refractivity contribution in [3.05, 3.63) is 48.0 Å². The molecule has 0 atom stereocenters. The molecule has 3 N–H and O–H groups in total. The number of nitrogens with one attached hydrogen (secondary N) is 1. The highest BCUT2D eigenvalue weighted by atomic mass is 19.2. The van der Waals surface area contributed by atoms with Crippen LogP contribution in [-0.4, -0.2) is 4.98 Å². The maximum absolute atomic E-state index is 13.1. The standard InChI is InChI=1S/C13H9F2N3O/c14-9-3-2-8(6-10(9)15)17-13-18-11-4-1-7(16)5-12(11)19-13/h1-6H,16H2,(H,17,18). The van der Waals surface area contributed by atoms with Crippen molar-refractivity contribution in [1.29, 1.82) is 0 Å². The Hall–Kier alpha value is -2.63. The third kappa shape index (κ3) is 2.20. The van der Waals surface area contributed by atoms with E-state index >= 15 is 0 Å². The molecule has 0 amide bonds. The molecule has 0 bridgehead atoms. The van der Waals surface area contributed by atoms with Gasteiger partial charge in [-0.3, -0.25) is 0 Å². The van der Waals surface area contributed by atoms with Gasteiger partial charge in [0.25, 0.3) is 6.01 Å². The van der Waals surface area contributed by atoms with Gasteiger partial charge in [0.2, 0.25) is 0 Å². The van der Waals surface area contributed by atoms with Gasteiger partial charge < -0.3 is 15.5 Å². The van der Waals surface area contributed by atoms with Crippen molar-refractivity contribution in [2.24, 2.45) is 0 Å². The number of rotatable bonds is 2. The number of aromatic nitrogens is 1. The first kappa shape index (κ1) is 11.5. The Morgan fingerprint density at radius 2 is 1.89 bits per heavy atom. The Kier molecular flexibility index (Phi) is 2.56. The number of nitrogens with zero attached hydrogens (tertiary/aromatic N) is 1. The maximum Gasteiger partial charge on any atom is 0.300 e. The Morgan fingerprint density at radius 1 is 1.05 bits per heavy atom. The van der Waals surface area contributed by atoms with Gasteiger partial charge in [-0.1, -0.05) is 0 Å². The molecule has 0 aliphatic carbocycles. The summed E-state index contributed by atoms with van der Waals surface area (Å²) in [4.78, 5) is 4.15. The molecule has 0 spiro atoms. The second-order valence-electron chi connectivity index (χ2n) is 4.00. The largest absolute Gasteiger partial charge is 0.423 e. The lowest BCUT2D eigenvalue weighted by molar-refractivity contribution is 0.509. The molecular weight excluding hydrogens is 252 g/mol. The molecule has 1 heterocycles. The molecule has 4 nitrogen and oxygen atoms in total. The van der Waals surface area contributed by atoms with Crippen molar-refractivity contribution >= 4 is 28.5 Å². The third-order valence-corrected chi connectivity index (χ3v) is 2.58. The number of halogens is 2. The van der Waals surface area contributed by atoms with Crippen LogP contribution >= 0.6 is 0 Å². The second-order valence-corrected chi connectivity index (χ2v) is 4.00. The van der Waals surface area contributed by atoms with Gasteiger partial charge >= 0.3 is 0 Å². The highest BCUT2D eigenvalue weighted by Crippen LogP contribution is 2.24. The van der Waals surface area contributed by atoms with E-state index in [1.165, 1.54) is 6.07 Å². The van der Waals surface area contributed by atoms with Crippen LogP contribution in [0.1, 0.15) is 0 Å². The normalized spacial score (nSPS) is 10.8. The second kappa shape index (κ2) is 4.24. The van der Waals surface area contributed by atoms with E-state index in [9.17, 15) is 8.78 Å². The maximum atomic E-state index is 13.1. The Morgan fingerprint density at radius 3 is 2.68 bits per heavy atom. The first-order valence-electron chi connectivity index (χ1n) is 5.50. The molecule has 96 valence electrons. The Labute approximate surface area is 106 Å². The van der Waals surface area contributed by atoms with Gasteiger partial charge in [-0.2, -0.15) is 4.98 Å². The highest BCUT2D eigenvalue weighted by Gasteiger charge is 2.08. The molecule has 2 aromatic carbocycles. The minimum absolute atomic E-state index is 0.187. The summed E-state index contributed by atoms with van der Waals surface area (Å²) in [6.45, 7) is 0. The van der Waals surface area contributed by atoms with Gasteiger partial charge in [-0.05, 0) is 24.3 Å². The highest BCUT2D eigenvalue weighted by molar-refractivity contribution is 5.78. The van der Waals surface area contributed by atoms with Crippen LogP contribution in [0.4, 0.5) is 26.2 Å². The number of oxazole rings is 1. The number of hydrogen-bond acceptors (Lipinski definition) is 4. The van der Waals surface area contributed by atoms with E-state index in [4.69, 9.17) is 10.2 Å². The molecule has 0 saturated carbocycles. The summed E-state index contributed by atoms with van der Waals surface area (Å²) in [5.74, 6) is -1.85. The minimum Gasteiger partial charge on any atom is -0.423 e. The van der Waals surface area contributed by atoms with Crippen molar-refractivity contribution in [3.8, 4) is 0 Å². The fourth-order valence-corrected chi connectivity index (χ4v) is 1.69. The van der Waals surface area contributed by atoms with Crippen LogP contribution in [0.5, 0.6) is 0 Å². The number of fused-ring (bicyclic) bond motifs is 1. The van der Waals surface area contributed by atoms with Crippen LogP contribution in [-0.2, 0) is 0 Å². The fraction of sp³-hybridized carbons (Fsp3) is 0. The Bertz CT molecular complexity index is 755. The van der Waals surface area contributed by atoms with Crippen LogP contribution in [0.2, 0.25) is 0 Å². The van der Waals surface area contributed by atoms with Crippen molar-refractivity contribution < 1.29 is 13.2 Å². The number of anilines is 3. The summed E-state index contributed by atoms with van der Waals surface area (Å²) >= 11 is 0. The van der Waals surface area contributed by atoms with E-state index in [1.54, 1.807) is 18.2 Å². The fourth-order valence-electron chi connectivity index (χ4n) is 1.69. The smallest absolute Gasteiger partial charge is 0.300 e. The zero-order valence-electron chi connectivity index (χ0n) is 9.65. The van der Waals surface area contributed by atoms with Crippen molar-refractivity contribution in [3.63, 3.8) is 0 Å². The monoisotopic (exact) mass is 261 g/mol. The number of nitrogens with two attached hydrogens (primary N) is 1. The SMILES string of the molecule is Nc1ccc2nc(Nc3ccc(F)c(F)c3)oc2c1. The summed E-state index contributed by atoms with van der Waals surface area (Å²) in [5, 5.41) is 2.76. The summed E-state index contributed by atoms with van der Waals surface area (Å²) in [7, 11) is 0. The van der Waals surface area contributed by atoms with Crippen LogP contribution in [0, 0.1) is 11.6 Å². The molecule has 3 aromatic rings. The lowest BCUT2D eigenvalue weighted by Crippen LogP contribution is -1.92. The lowest BCUT2D eigenvalue weighted by atomic mass is 10.3. The molecule has 0 radical (unpaired) electrons. The van der Waals surface area contributed by atoms with Crippen LogP contribution in [0.3, 0.4) is 0 Å². The first-order valence-corrected chi connectivity index (χ1v) is 5.50. The molecule has 0 fully saturated rings. The van der Waals surface area contributed by atoms with E-state index in [2.05, 4.69) is 10.3 Å². The van der Waals surface area contributed by atoms with Crippen molar-refractivity contribution in [1.82, 2.24) is 4.98 Å². The minimum atomic E-state index is -0.939. The average Bonchev–Trinajstić information content (AvgIpc) is 2.75. The molecule has 0 aliphatic heterocycles. The zero-order valence-corrected chi connectivity index (χ0v) is 9.65. The summed E-state index contributed by atoms with van der Waals surface area (Å²) < 4.78 is 31.3. The molecule has 1 aromatic heterocycles. The summed E-state index contributed by atoms with van der Waals surface area (Å²) in [6, 6.07) is 8.68. The molecule has 19 heavy (non-hydrogen) atoms. The van der Waals surface area contributed by atoms with E-state index in [1.807, 2.05) is 0 Å². The predicted molar refractivity (Wildman–Crippen MR) is 68.1 cm³/mol. The van der Waals surface area contributed by atoms with Crippen LogP contribution in [0.15, 0.2) is 40.8 Å². The molecular formula is C13H9F2N3O. The number of nitrogen functional groups attached to an aromatic ring is 1. The zero-order chi connectivity index (χ0) is 13.4. The van der Waals surface area contributed by atoms with Crippen molar-refractivity contribution in [2.45, 2.75) is 0 Å². The molecule has 0 aliphatic rings. The van der Waals surface area contributed by atoms with Gasteiger partial charge in [0.1, 0.15) is 5.52 Å². The number of hydrogen-bond donors (Lipinski definition) is 2. The number of benzene rings is 2. The van der Waals surface area contributed by atoms with Gasteiger partial charge in [0, 0.05) is 23.5 Å². The summed E-state index contributed by atoms with van der Waals surface area (Å²) in [6.07, 6.45) is 0. The van der Waals surface area contributed by atoms with Crippen LogP contribution < -0.4 is 11.1 Å².